The van der Waals surface area contributed by atoms with Crippen molar-refractivity contribution in [3.8, 4) is 11.5 Å². The van der Waals surface area contributed by atoms with E-state index in [0.29, 0.717) is 37.8 Å². The molecule has 0 aliphatic heterocycles. The van der Waals surface area contributed by atoms with Gasteiger partial charge in [0.15, 0.2) is 0 Å². The highest BCUT2D eigenvalue weighted by atomic mass is 32.2. The SMILES string of the molecule is CCN(CC)S(=O)(=O)c1ccc(CNC(=O)CCc2nnc(-c3ccccc3)o2)cc1. The molecular formula is C22H26N4O4S. The molecule has 0 unspecified atom stereocenters. The van der Waals surface area contributed by atoms with Crippen molar-refractivity contribution in [3.63, 3.8) is 0 Å². The number of rotatable bonds is 10. The van der Waals surface area contributed by atoms with E-state index in [2.05, 4.69) is 15.5 Å². The van der Waals surface area contributed by atoms with Gasteiger partial charge in [-0.25, -0.2) is 8.42 Å². The summed E-state index contributed by atoms with van der Waals surface area (Å²) in [6, 6.07) is 16.0. The van der Waals surface area contributed by atoms with Crippen LogP contribution in [0.25, 0.3) is 11.5 Å². The minimum atomic E-state index is -3.48. The summed E-state index contributed by atoms with van der Waals surface area (Å²) in [6.45, 7) is 4.76. The fraction of sp³-hybridized carbons (Fsp3) is 0.318. The molecule has 1 N–H and O–H groups in total. The van der Waals surface area contributed by atoms with E-state index in [-0.39, 0.29) is 17.2 Å². The summed E-state index contributed by atoms with van der Waals surface area (Å²) in [6.07, 6.45) is 0.553. The number of aryl methyl sites for hydroxylation is 1. The quantitative estimate of drug-likeness (QED) is 0.517. The number of hydrogen-bond donors (Lipinski definition) is 1. The van der Waals surface area contributed by atoms with Gasteiger partial charge in [-0.05, 0) is 29.8 Å². The van der Waals surface area contributed by atoms with E-state index in [1.54, 1.807) is 24.3 Å². The van der Waals surface area contributed by atoms with Crippen LogP contribution in [0.2, 0.25) is 0 Å². The van der Waals surface area contributed by atoms with Crippen LogP contribution < -0.4 is 5.32 Å². The number of aromatic nitrogens is 2. The van der Waals surface area contributed by atoms with Gasteiger partial charge in [-0.3, -0.25) is 4.79 Å². The van der Waals surface area contributed by atoms with Gasteiger partial charge in [-0.1, -0.05) is 44.2 Å². The molecule has 1 aromatic heterocycles. The van der Waals surface area contributed by atoms with E-state index >= 15 is 0 Å². The van der Waals surface area contributed by atoms with Crippen molar-refractivity contribution in [2.24, 2.45) is 0 Å². The standard InChI is InChI=1S/C22H26N4O4S/c1-3-26(4-2)31(28,29)19-12-10-17(11-13-19)16-23-20(27)14-15-21-24-25-22(30-21)18-8-6-5-7-9-18/h5-13H,3-4,14-16H2,1-2H3,(H,23,27). The summed E-state index contributed by atoms with van der Waals surface area (Å²) in [7, 11) is -3.48. The number of carbonyl (C=O) groups is 1. The van der Waals surface area contributed by atoms with Crippen molar-refractivity contribution in [2.75, 3.05) is 13.1 Å². The molecule has 3 rings (SSSR count). The van der Waals surface area contributed by atoms with Gasteiger partial charge in [-0.2, -0.15) is 4.31 Å². The second-order valence-corrected chi connectivity index (χ2v) is 8.81. The zero-order chi connectivity index (χ0) is 22.3. The first-order valence-corrected chi connectivity index (χ1v) is 11.6. The summed E-state index contributed by atoms with van der Waals surface area (Å²) >= 11 is 0. The van der Waals surface area contributed by atoms with Crippen LogP contribution in [0.4, 0.5) is 0 Å². The number of nitrogens with zero attached hydrogens (tertiary/aromatic N) is 3. The fourth-order valence-corrected chi connectivity index (χ4v) is 4.51. The van der Waals surface area contributed by atoms with E-state index in [4.69, 9.17) is 4.42 Å². The summed E-state index contributed by atoms with van der Waals surface area (Å²) in [4.78, 5) is 12.4. The Morgan fingerprint density at radius 1 is 1.00 bits per heavy atom. The Bertz CT molecular complexity index is 1090. The average Bonchev–Trinajstić information content (AvgIpc) is 3.27. The van der Waals surface area contributed by atoms with Crippen LogP contribution in [0.5, 0.6) is 0 Å². The molecule has 0 aliphatic rings. The van der Waals surface area contributed by atoms with Crippen molar-refractivity contribution in [1.29, 1.82) is 0 Å². The zero-order valence-corrected chi connectivity index (χ0v) is 18.4. The summed E-state index contributed by atoms with van der Waals surface area (Å²) < 4.78 is 32.1. The number of hydrogen-bond acceptors (Lipinski definition) is 6. The lowest BCUT2D eigenvalue weighted by Gasteiger charge is -2.18. The van der Waals surface area contributed by atoms with Crippen molar-refractivity contribution >= 4 is 15.9 Å². The first kappa shape index (κ1) is 22.6. The highest BCUT2D eigenvalue weighted by Crippen LogP contribution is 2.18. The highest BCUT2D eigenvalue weighted by Gasteiger charge is 2.21. The minimum Gasteiger partial charge on any atom is -0.421 e. The largest absolute Gasteiger partial charge is 0.421 e. The lowest BCUT2D eigenvalue weighted by atomic mass is 10.2. The van der Waals surface area contributed by atoms with Gasteiger partial charge < -0.3 is 9.73 Å². The molecule has 1 amide bonds. The predicted molar refractivity (Wildman–Crippen MR) is 116 cm³/mol. The Morgan fingerprint density at radius 2 is 1.68 bits per heavy atom. The number of sulfonamides is 1. The molecule has 0 spiro atoms. The van der Waals surface area contributed by atoms with E-state index in [9.17, 15) is 13.2 Å². The van der Waals surface area contributed by atoms with Crippen LogP contribution >= 0.6 is 0 Å². The highest BCUT2D eigenvalue weighted by molar-refractivity contribution is 7.89. The van der Waals surface area contributed by atoms with Crippen molar-refractivity contribution in [2.45, 2.75) is 38.1 Å². The molecule has 9 heteroatoms. The van der Waals surface area contributed by atoms with Gasteiger partial charge in [-0.15, -0.1) is 10.2 Å². The fourth-order valence-electron chi connectivity index (χ4n) is 3.05. The third kappa shape index (κ3) is 5.77. The summed E-state index contributed by atoms with van der Waals surface area (Å²) in [5, 5.41) is 10.8. The van der Waals surface area contributed by atoms with Crippen LogP contribution in [0, 0.1) is 0 Å². The maximum Gasteiger partial charge on any atom is 0.247 e. The van der Waals surface area contributed by atoms with E-state index in [1.165, 1.54) is 4.31 Å². The van der Waals surface area contributed by atoms with Gasteiger partial charge in [0.2, 0.25) is 27.7 Å². The van der Waals surface area contributed by atoms with E-state index < -0.39 is 10.0 Å². The second kappa shape index (κ2) is 10.3. The Labute approximate surface area is 182 Å². The summed E-state index contributed by atoms with van der Waals surface area (Å²) in [5.41, 5.74) is 1.65. The van der Waals surface area contributed by atoms with E-state index in [0.717, 1.165) is 11.1 Å². The molecule has 3 aromatic rings. The molecule has 0 saturated carbocycles. The lowest BCUT2D eigenvalue weighted by Crippen LogP contribution is -2.30. The van der Waals surface area contributed by atoms with Gasteiger partial charge >= 0.3 is 0 Å². The van der Waals surface area contributed by atoms with Crippen LogP contribution in [-0.4, -0.2) is 41.9 Å². The van der Waals surface area contributed by atoms with E-state index in [1.807, 2.05) is 44.2 Å². The Kier molecular flexibility index (Phi) is 7.54. The molecule has 0 bridgehead atoms. The molecule has 0 radical (unpaired) electrons. The molecule has 0 saturated heterocycles. The number of benzene rings is 2. The van der Waals surface area contributed by atoms with Crippen LogP contribution in [0.15, 0.2) is 63.9 Å². The maximum atomic E-state index is 12.5. The molecule has 0 fully saturated rings. The lowest BCUT2D eigenvalue weighted by molar-refractivity contribution is -0.121. The first-order valence-electron chi connectivity index (χ1n) is 10.2. The molecule has 1 heterocycles. The Hall–Kier alpha value is -3.04. The average molecular weight is 443 g/mol. The van der Waals surface area contributed by atoms with Crippen LogP contribution in [0.1, 0.15) is 31.7 Å². The Morgan fingerprint density at radius 3 is 2.32 bits per heavy atom. The first-order chi connectivity index (χ1) is 14.9. The normalized spacial score (nSPS) is 11.6. The molecule has 0 atom stereocenters. The van der Waals surface area contributed by atoms with Gasteiger partial charge in [0.25, 0.3) is 0 Å². The monoisotopic (exact) mass is 442 g/mol. The topological polar surface area (TPSA) is 105 Å². The number of nitrogens with one attached hydrogen (secondary N) is 1. The molecule has 0 aliphatic carbocycles. The third-order valence-corrected chi connectivity index (χ3v) is 6.87. The zero-order valence-electron chi connectivity index (χ0n) is 17.6. The molecular weight excluding hydrogens is 416 g/mol. The third-order valence-electron chi connectivity index (χ3n) is 4.81. The van der Waals surface area contributed by atoms with Crippen LogP contribution in [0.3, 0.4) is 0 Å². The molecule has 31 heavy (non-hydrogen) atoms. The number of carbonyl (C=O) groups excluding carboxylic acids is 1. The second-order valence-electron chi connectivity index (χ2n) is 6.88. The molecule has 8 nitrogen and oxygen atoms in total. The van der Waals surface area contributed by atoms with Crippen LogP contribution in [-0.2, 0) is 27.8 Å². The van der Waals surface area contributed by atoms with Crippen molar-refractivity contribution in [3.05, 3.63) is 66.1 Å². The van der Waals surface area contributed by atoms with Gasteiger partial charge in [0, 0.05) is 38.0 Å². The number of amides is 1. The smallest absolute Gasteiger partial charge is 0.247 e. The van der Waals surface area contributed by atoms with Crippen molar-refractivity contribution in [1.82, 2.24) is 19.8 Å². The summed E-state index contributed by atoms with van der Waals surface area (Å²) in [5.74, 6) is 0.676. The maximum absolute atomic E-state index is 12.5. The Balaban J connectivity index is 1.49. The predicted octanol–water partition coefficient (Wildman–Crippen LogP) is 3.02. The minimum absolute atomic E-state index is 0.153. The van der Waals surface area contributed by atoms with Crippen molar-refractivity contribution < 1.29 is 17.6 Å². The van der Waals surface area contributed by atoms with Gasteiger partial charge in [0.1, 0.15) is 0 Å². The van der Waals surface area contributed by atoms with Gasteiger partial charge in [0.05, 0.1) is 4.90 Å². The molecule has 2 aromatic carbocycles. The molecule has 164 valence electrons.